The van der Waals surface area contributed by atoms with Crippen LogP contribution in [0, 0.1) is 0 Å². The SMILES string of the molecule is CC(=O)Nc1nc(CN(C)C(C)c2ccc(Cl)cc2)cs1. The van der Waals surface area contributed by atoms with E-state index < -0.39 is 0 Å². The highest BCUT2D eigenvalue weighted by Crippen LogP contribution is 2.23. The third-order valence-corrected chi connectivity index (χ3v) is 4.32. The van der Waals surface area contributed by atoms with Gasteiger partial charge >= 0.3 is 0 Å². The molecular formula is C15H18ClN3OS. The minimum atomic E-state index is -0.0983. The first-order chi connectivity index (χ1) is 9.95. The lowest BCUT2D eigenvalue weighted by atomic mass is 10.1. The quantitative estimate of drug-likeness (QED) is 0.906. The number of anilines is 1. The van der Waals surface area contributed by atoms with Crippen molar-refractivity contribution in [3.05, 3.63) is 45.9 Å². The zero-order valence-corrected chi connectivity index (χ0v) is 13.8. The van der Waals surface area contributed by atoms with Crippen LogP contribution in [0.25, 0.3) is 0 Å². The number of carbonyl (C=O) groups excluding carboxylic acids is 1. The highest BCUT2D eigenvalue weighted by molar-refractivity contribution is 7.13. The molecule has 4 nitrogen and oxygen atoms in total. The third-order valence-electron chi connectivity index (χ3n) is 3.26. The second-order valence-electron chi connectivity index (χ2n) is 4.97. The van der Waals surface area contributed by atoms with E-state index in [1.165, 1.54) is 23.8 Å². The van der Waals surface area contributed by atoms with Crippen LogP contribution >= 0.6 is 22.9 Å². The Labute approximate surface area is 133 Å². The normalized spacial score (nSPS) is 12.4. The first kappa shape index (κ1) is 15.9. The van der Waals surface area contributed by atoms with Gasteiger partial charge < -0.3 is 5.32 Å². The molecule has 21 heavy (non-hydrogen) atoms. The molecule has 1 aromatic heterocycles. The Morgan fingerprint density at radius 3 is 2.71 bits per heavy atom. The summed E-state index contributed by atoms with van der Waals surface area (Å²) in [6.07, 6.45) is 0. The van der Waals surface area contributed by atoms with Gasteiger partial charge in [0, 0.05) is 29.9 Å². The van der Waals surface area contributed by atoms with Crippen molar-refractivity contribution in [2.45, 2.75) is 26.4 Å². The summed E-state index contributed by atoms with van der Waals surface area (Å²) >= 11 is 7.36. The zero-order chi connectivity index (χ0) is 15.4. The molecule has 0 saturated carbocycles. The van der Waals surface area contributed by atoms with Gasteiger partial charge in [-0.2, -0.15) is 0 Å². The van der Waals surface area contributed by atoms with Crippen LogP contribution < -0.4 is 5.32 Å². The van der Waals surface area contributed by atoms with Crippen molar-refractivity contribution in [3.63, 3.8) is 0 Å². The maximum Gasteiger partial charge on any atom is 0.223 e. The lowest BCUT2D eigenvalue weighted by Crippen LogP contribution is -2.22. The summed E-state index contributed by atoms with van der Waals surface area (Å²) in [6, 6.07) is 8.13. The first-order valence-corrected chi connectivity index (χ1v) is 7.89. The Hall–Kier alpha value is -1.43. The Kier molecular flexibility index (Phi) is 5.33. The van der Waals surface area contributed by atoms with Gasteiger partial charge in [-0.05, 0) is 31.7 Å². The minimum absolute atomic E-state index is 0.0983. The molecule has 0 aliphatic heterocycles. The van der Waals surface area contributed by atoms with Crippen LogP contribution in [0.4, 0.5) is 5.13 Å². The van der Waals surface area contributed by atoms with Crippen LogP contribution in [0.15, 0.2) is 29.6 Å². The van der Waals surface area contributed by atoms with Gasteiger partial charge in [0.25, 0.3) is 0 Å². The van der Waals surface area contributed by atoms with Crippen molar-refractivity contribution in [2.24, 2.45) is 0 Å². The van der Waals surface area contributed by atoms with Crippen molar-refractivity contribution >= 4 is 34.0 Å². The van der Waals surface area contributed by atoms with Crippen LogP contribution in [0.5, 0.6) is 0 Å². The number of amides is 1. The molecule has 0 aliphatic carbocycles. The highest BCUT2D eigenvalue weighted by Gasteiger charge is 2.13. The predicted octanol–water partition coefficient (Wildman–Crippen LogP) is 3.95. The van der Waals surface area contributed by atoms with E-state index in [0.717, 1.165) is 17.3 Å². The van der Waals surface area contributed by atoms with E-state index in [1.807, 2.05) is 29.6 Å². The van der Waals surface area contributed by atoms with E-state index in [-0.39, 0.29) is 11.9 Å². The van der Waals surface area contributed by atoms with Crippen LogP contribution in [-0.4, -0.2) is 22.8 Å². The average Bonchev–Trinajstić information content (AvgIpc) is 2.85. The predicted molar refractivity (Wildman–Crippen MR) is 87.8 cm³/mol. The molecule has 0 saturated heterocycles. The molecule has 1 heterocycles. The van der Waals surface area contributed by atoms with E-state index in [0.29, 0.717) is 5.13 Å². The maximum atomic E-state index is 11.0. The Morgan fingerprint density at radius 2 is 2.10 bits per heavy atom. The summed E-state index contributed by atoms with van der Waals surface area (Å²) in [5, 5.41) is 6.06. The fourth-order valence-electron chi connectivity index (χ4n) is 1.98. The summed E-state index contributed by atoms with van der Waals surface area (Å²) in [5.74, 6) is -0.0983. The fraction of sp³-hybridized carbons (Fsp3) is 0.333. The first-order valence-electron chi connectivity index (χ1n) is 6.63. The number of halogens is 1. The molecule has 0 aliphatic rings. The number of nitrogens with one attached hydrogen (secondary N) is 1. The molecule has 1 N–H and O–H groups in total. The van der Waals surface area contributed by atoms with E-state index >= 15 is 0 Å². The number of hydrogen-bond acceptors (Lipinski definition) is 4. The summed E-state index contributed by atoms with van der Waals surface area (Å²) in [6.45, 7) is 4.35. The van der Waals surface area contributed by atoms with E-state index in [2.05, 4.69) is 29.2 Å². The van der Waals surface area contributed by atoms with Gasteiger partial charge in [-0.1, -0.05) is 23.7 Å². The van der Waals surface area contributed by atoms with Crippen molar-refractivity contribution in [1.82, 2.24) is 9.88 Å². The van der Waals surface area contributed by atoms with Gasteiger partial charge in [0.1, 0.15) is 0 Å². The molecular weight excluding hydrogens is 306 g/mol. The monoisotopic (exact) mass is 323 g/mol. The number of hydrogen-bond donors (Lipinski definition) is 1. The Morgan fingerprint density at radius 1 is 1.43 bits per heavy atom. The largest absolute Gasteiger partial charge is 0.302 e. The molecule has 0 radical (unpaired) electrons. The van der Waals surface area contributed by atoms with Crippen molar-refractivity contribution in [3.8, 4) is 0 Å². The Balaban J connectivity index is 2.00. The van der Waals surface area contributed by atoms with E-state index in [4.69, 9.17) is 11.6 Å². The summed E-state index contributed by atoms with van der Waals surface area (Å²) < 4.78 is 0. The van der Waals surface area contributed by atoms with Crippen LogP contribution in [0.1, 0.15) is 31.1 Å². The van der Waals surface area contributed by atoms with Crippen LogP contribution in [0.2, 0.25) is 5.02 Å². The second-order valence-corrected chi connectivity index (χ2v) is 6.26. The lowest BCUT2D eigenvalue weighted by Gasteiger charge is -2.24. The standard InChI is InChI=1S/C15H18ClN3OS/c1-10(12-4-6-13(16)7-5-12)19(3)8-14-9-21-15(18-14)17-11(2)20/h4-7,9-10H,8H2,1-3H3,(H,17,18,20). The molecule has 2 rings (SSSR count). The molecule has 1 amide bonds. The maximum absolute atomic E-state index is 11.0. The zero-order valence-electron chi connectivity index (χ0n) is 12.3. The molecule has 2 aromatic rings. The molecule has 1 unspecified atom stereocenters. The number of carbonyl (C=O) groups is 1. The number of aromatic nitrogens is 1. The number of rotatable bonds is 5. The topological polar surface area (TPSA) is 45.2 Å². The van der Waals surface area contributed by atoms with Gasteiger partial charge in [-0.15, -0.1) is 11.3 Å². The Bertz CT molecular complexity index is 612. The molecule has 6 heteroatoms. The molecule has 0 spiro atoms. The van der Waals surface area contributed by atoms with Crippen LogP contribution in [-0.2, 0) is 11.3 Å². The molecule has 112 valence electrons. The van der Waals surface area contributed by atoms with Crippen LogP contribution in [0.3, 0.4) is 0 Å². The fourth-order valence-corrected chi connectivity index (χ4v) is 2.85. The lowest BCUT2D eigenvalue weighted by molar-refractivity contribution is -0.114. The van der Waals surface area contributed by atoms with Crippen molar-refractivity contribution in [2.75, 3.05) is 12.4 Å². The molecule has 0 fully saturated rings. The van der Waals surface area contributed by atoms with E-state index in [9.17, 15) is 4.79 Å². The van der Waals surface area contributed by atoms with Gasteiger partial charge in [0.15, 0.2) is 5.13 Å². The van der Waals surface area contributed by atoms with Gasteiger partial charge in [0.2, 0.25) is 5.91 Å². The van der Waals surface area contributed by atoms with Gasteiger partial charge in [0.05, 0.1) is 5.69 Å². The molecule has 1 atom stereocenters. The number of nitrogens with zero attached hydrogens (tertiary/aromatic N) is 2. The number of benzene rings is 1. The van der Waals surface area contributed by atoms with Crippen molar-refractivity contribution in [1.29, 1.82) is 0 Å². The van der Waals surface area contributed by atoms with Gasteiger partial charge in [-0.3, -0.25) is 9.69 Å². The summed E-state index contributed by atoms with van der Waals surface area (Å²) in [4.78, 5) is 17.6. The number of thiazole rings is 1. The molecule has 0 bridgehead atoms. The van der Waals surface area contributed by atoms with E-state index in [1.54, 1.807) is 0 Å². The minimum Gasteiger partial charge on any atom is -0.302 e. The average molecular weight is 324 g/mol. The smallest absolute Gasteiger partial charge is 0.223 e. The second kappa shape index (κ2) is 7.02. The third kappa shape index (κ3) is 4.52. The summed E-state index contributed by atoms with van der Waals surface area (Å²) in [7, 11) is 2.05. The summed E-state index contributed by atoms with van der Waals surface area (Å²) in [5.41, 5.74) is 2.16. The highest BCUT2D eigenvalue weighted by atomic mass is 35.5. The van der Waals surface area contributed by atoms with Crippen molar-refractivity contribution < 1.29 is 4.79 Å². The molecule has 1 aromatic carbocycles. The van der Waals surface area contributed by atoms with Gasteiger partial charge in [-0.25, -0.2) is 4.98 Å².